The van der Waals surface area contributed by atoms with Gasteiger partial charge in [0.15, 0.2) is 0 Å². The maximum Gasteiger partial charge on any atom is 0.258 e. The van der Waals surface area contributed by atoms with Crippen LogP contribution in [0.3, 0.4) is 0 Å². The summed E-state index contributed by atoms with van der Waals surface area (Å²) in [6.45, 7) is 6.17. The molecule has 28 heavy (non-hydrogen) atoms. The van der Waals surface area contributed by atoms with Crippen LogP contribution in [0.5, 0.6) is 5.75 Å². The smallest absolute Gasteiger partial charge is 0.258 e. The lowest BCUT2D eigenvalue weighted by atomic mass is 10.1. The number of carbonyl (C=O) groups excluding carboxylic acids is 1. The monoisotopic (exact) mass is 397 g/mol. The van der Waals surface area contributed by atoms with Crippen LogP contribution in [0, 0.1) is 6.92 Å². The fourth-order valence-corrected chi connectivity index (χ4v) is 2.87. The summed E-state index contributed by atoms with van der Waals surface area (Å²) in [7, 11) is 1.50. The molecule has 0 saturated carbocycles. The van der Waals surface area contributed by atoms with Gasteiger partial charge in [0.25, 0.3) is 5.91 Å². The van der Waals surface area contributed by atoms with E-state index in [9.17, 15) is 4.79 Å². The van der Waals surface area contributed by atoms with E-state index in [0.717, 1.165) is 11.1 Å². The molecule has 0 radical (unpaired) electrons. The molecule has 0 unspecified atom stereocenters. The predicted molar refractivity (Wildman–Crippen MR) is 107 cm³/mol. The van der Waals surface area contributed by atoms with Gasteiger partial charge in [-0.3, -0.25) is 4.79 Å². The number of carbonyl (C=O) groups is 1. The number of methoxy groups -OCH3 is 1. The van der Waals surface area contributed by atoms with Gasteiger partial charge in [0.1, 0.15) is 12.3 Å². The number of hydrogen-bond acceptors (Lipinski definition) is 5. The van der Waals surface area contributed by atoms with Gasteiger partial charge in [-0.15, -0.1) is 6.58 Å². The lowest BCUT2D eigenvalue weighted by molar-refractivity contribution is 0.0742. The lowest BCUT2D eigenvalue weighted by Crippen LogP contribution is -2.31. The fraction of sp³-hybridized carbons (Fsp3) is 0.190. The number of rotatable bonds is 7. The van der Waals surface area contributed by atoms with Gasteiger partial charge in [-0.25, -0.2) is 0 Å². The van der Waals surface area contributed by atoms with Crippen LogP contribution >= 0.6 is 11.6 Å². The normalized spacial score (nSPS) is 10.5. The minimum atomic E-state index is -0.269. The Kier molecular flexibility index (Phi) is 6.11. The maximum absolute atomic E-state index is 13.0. The molecule has 144 valence electrons. The SMILES string of the molecule is C=CCN(Cc1nc(-c2ccc(C)cc2)no1)C(=O)c1cc(Cl)ccc1OC. The third-order valence-corrected chi connectivity index (χ3v) is 4.37. The van der Waals surface area contributed by atoms with Crippen LogP contribution in [0.4, 0.5) is 0 Å². The van der Waals surface area contributed by atoms with Crippen molar-refractivity contribution in [2.45, 2.75) is 13.5 Å². The molecule has 3 rings (SSSR count). The van der Waals surface area contributed by atoms with Crippen molar-refractivity contribution in [3.05, 3.63) is 77.2 Å². The average molecular weight is 398 g/mol. The summed E-state index contributed by atoms with van der Waals surface area (Å²) in [4.78, 5) is 19.0. The van der Waals surface area contributed by atoms with E-state index in [1.165, 1.54) is 12.0 Å². The van der Waals surface area contributed by atoms with E-state index in [0.29, 0.717) is 34.6 Å². The van der Waals surface area contributed by atoms with Crippen LogP contribution in [-0.2, 0) is 6.54 Å². The predicted octanol–water partition coefficient (Wildman–Crippen LogP) is 4.54. The van der Waals surface area contributed by atoms with E-state index >= 15 is 0 Å². The minimum absolute atomic E-state index is 0.138. The third-order valence-electron chi connectivity index (χ3n) is 4.13. The summed E-state index contributed by atoms with van der Waals surface area (Å²) in [5.74, 6) is 0.969. The molecular weight excluding hydrogens is 378 g/mol. The molecule has 0 atom stereocenters. The number of aromatic nitrogens is 2. The Hall–Kier alpha value is -3.12. The first-order chi connectivity index (χ1) is 13.5. The van der Waals surface area contributed by atoms with E-state index in [2.05, 4.69) is 16.7 Å². The van der Waals surface area contributed by atoms with Gasteiger partial charge >= 0.3 is 0 Å². The van der Waals surface area contributed by atoms with Crippen molar-refractivity contribution in [3.63, 3.8) is 0 Å². The average Bonchev–Trinajstić information content (AvgIpc) is 3.16. The van der Waals surface area contributed by atoms with Gasteiger partial charge in [-0.2, -0.15) is 4.98 Å². The number of halogens is 1. The quantitative estimate of drug-likeness (QED) is 0.547. The number of benzene rings is 2. The molecule has 0 saturated heterocycles. The molecule has 7 heteroatoms. The number of hydrogen-bond donors (Lipinski definition) is 0. The van der Waals surface area contributed by atoms with Crippen molar-refractivity contribution in [3.8, 4) is 17.1 Å². The standard InChI is InChI=1S/C21H20ClN3O3/c1-4-11-25(21(26)17-12-16(22)9-10-18(17)27-3)13-19-23-20(24-28-19)15-7-5-14(2)6-8-15/h4-10,12H,1,11,13H2,2-3H3. The Labute approximate surface area is 168 Å². The van der Waals surface area contributed by atoms with Gasteiger partial charge in [-0.05, 0) is 25.1 Å². The summed E-state index contributed by atoms with van der Waals surface area (Å²) in [6.07, 6.45) is 1.63. The van der Waals surface area contributed by atoms with E-state index in [-0.39, 0.29) is 12.5 Å². The van der Waals surface area contributed by atoms with Crippen molar-refractivity contribution in [2.75, 3.05) is 13.7 Å². The first-order valence-electron chi connectivity index (χ1n) is 8.65. The zero-order valence-electron chi connectivity index (χ0n) is 15.7. The Balaban J connectivity index is 1.84. The Bertz CT molecular complexity index is 983. The lowest BCUT2D eigenvalue weighted by Gasteiger charge is -2.20. The molecule has 0 aliphatic carbocycles. The molecule has 0 bridgehead atoms. The Morgan fingerprint density at radius 3 is 2.71 bits per heavy atom. The summed E-state index contributed by atoms with van der Waals surface area (Å²) in [5, 5.41) is 4.46. The van der Waals surface area contributed by atoms with Crippen molar-refractivity contribution in [1.29, 1.82) is 0 Å². The number of ether oxygens (including phenoxy) is 1. The van der Waals surface area contributed by atoms with Crippen LogP contribution in [0.15, 0.2) is 59.6 Å². The van der Waals surface area contributed by atoms with Gasteiger partial charge in [-0.1, -0.05) is 52.7 Å². The van der Waals surface area contributed by atoms with Gasteiger partial charge in [0, 0.05) is 17.1 Å². The topological polar surface area (TPSA) is 68.5 Å². The highest BCUT2D eigenvalue weighted by Gasteiger charge is 2.22. The molecule has 1 aromatic heterocycles. The first kappa shape index (κ1) is 19.6. The molecule has 1 heterocycles. The second-order valence-electron chi connectivity index (χ2n) is 6.20. The van der Waals surface area contributed by atoms with Crippen LogP contribution in [0.1, 0.15) is 21.8 Å². The van der Waals surface area contributed by atoms with Gasteiger partial charge < -0.3 is 14.2 Å². The Morgan fingerprint density at radius 2 is 2.04 bits per heavy atom. The van der Waals surface area contributed by atoms with E-state index in [1.807, 2.05) is 31.2 Å². The molecule has 6 nitrogen and oxygen atoms in total. The van der Waals surface area contributed by atoms with Gasteiger partial charge in [0.05, 0.1) is 12.7 Å². The van der Waals surface area contributed by atoms with Crippen LogP contribution in [0.25, 0.3) is 11.4 Å². The van der Waals surface area contributed by atoms with Crippen molar-refractivity contribution in [2.24, 2.45) is 0 Å². The highest BCUT2D eigenvalue weighted by atomic mass is 35.5. The van der Waals surface area contributed by atoms with Crippen molar-refractivity contribution < 1.29 is 14.1 Å². The summed E-state index contributed by atoms with van der Waals surface area (Å²) in [5.41, 5.74) is 2.35. The Morgan fingerprint density at radius 1 is 1.29 bits per heavy atom. The molecule has 3 aromatic rings. The minimum Gasteiger partial charge on any atom is -0.496 e. The first-order valence-corrected chi connectivity index (χ1v) is 9.03. The molecule has 0 fully saturated rings. The largest absolute Gasteiger partial charge is 0.496 e. The van der Waals surface area contributed by atoms with Crippen molar-refractivity contribution >= 4 is 17.5 Å². The number of aryl methyl sites for hydroxylation is 1. The number of amides is 1. The molecule has 1 amide bonds. The molecule has 0 aliphatic heterocycles. The van der Waals surface area contributed by atoms with Crippen LogP contribution < -0.4 is 4.74 Å². The molecule has 0 N–H and O–H groups in total. The van der Waals surface area contributed by atoms with E-state index in [1.54, 1.807) is 24.3 Å². The zero-order valence-corrected chi connectivity index (χ0v) is 16.4. The van der Waals surface area contributed by atoms with E-state index < -0.39 is 0 Å². The summed E-state index contributed by atoms with van der Waals surface area (Å²) < 4.78 is 10.6. The van der Waals surface area contributed by atoms with E-state index in [4.69, 9.17) is 20.9 Å². The second-order valence-corrected chi connectivity index (χ2v) is 6.63. The second kappa shape index (κ2) is 8.71. The van der Waals surface area contributed by atoms with Crippen molar-refractivity contribution in [1.82, 2.24) is 15.0 Å². The molecule has 0 spiro atoms. The number of nitrogens with zero attached hydrogens (tertiary/aromatic N) is 3. The van der Waals surface area contributed by atoms with Gasteiger partial charge in [0.2, 0.25) is 11.7 Å². The summed E-state index contributed by atoms with van der Waals surface area (Å²) in [6, 6.07) is 12.7. The van der Waals surface area contributed by atoms with Crippen LogP contribution in [0.2, 0.25) is 5.02 Å². The zero-order chi connectivity index (χ0) is 20.1. The maximum atomic E-state index is 13.0. The highest BCUT2D eigenvalue weighted by molar-refractivity contribution is 6.31. The third kappa shape index (κ3) is 4.40. The molecule has 2 aromatic carbocycles. The fourth-order valence-electron chi connectivity index (χ4n) is 2.70. The summed E-state index contributed by atoms with van der Waals surface area (Å²) >= 11 is 6.05. The van der Waals surface area contributed by atoms with Crippen LogP contribution in [-0.4, -0.2) is 34.6 Å². The molecule has 0 aliphatic rings. The highest BCUT2D eigenvalue weighted by Crippen LogP contribution is 2.25. The molecular formula is C21H20ClN3O3.